The molecule has 0 saturated carbocycles. The minimum Gasteiger partial charge on any atom is -0.477 e. The Hall–Kier alpha value is -2.81. The largest absolute Gasteiger partial charge is 0.477 e. The lowest BCUT2D eigenvalue weighted by Gasteiger charge is -2.01. The van der Waals surface area contributed by atoms with Crippen molar-refractivity contribution in [3.8, 4) is 6.07 Å². The third-order valence-corrected chi connectivity index (χ3v) is 3.93. The number of carbonyl (C=O) groups is 1. The molecule has 0 aliphatic heterocycles. The van der Waals surface area contributed by atoms with Gasteiger partial charge in [-0.25, -0.2) is 4.79 Å². The number of H-pyrrole nitrogens is 1. The lowest BCUT2D eigenvalue weighted by molar-refractivity contribution is 0.0691. The number of nitrogens with one attached hydrogen (secondary N) is 1. The highest BCUT2D eigenvalue weighted by Crippen LogP contribution is 2.34. The van der Waals surface area contributed by atoms with E-state index in [9.17, 15) is 15.2 Å². The van der Waals surface area contributed by atoms with Crippen LogP contribution >= 0.6 is 23.2 Å². The molecular weight excluding hydrogens is 349 g/mol. The van der Waals surface area contributed by atoms with E-state index in [0.29, 0.717) is 32.2 Å². The smallest absolute Gasteiger partial charge is 0.352 e. The van der Waals surface area contributed by atoms with Gasteiger partial charge in [0.1, 0.15) is 11.8 Å². The van der Waals surface area contributed by atoms with E-state index in [-0.39, 0.29) is 11.3 Å². The van der Waals surface area contributed by atoms with E-state index in [0.717, 1.165) is 0 Å². The molecule has 0 aliphatic rings. The van der Waals surface area contributed by atoms with Crippen molar-refractivity contribution in [3.63, 3.8) is 0 Å². The first-order chi connectivity index (χ1) is 11.5. The third-order valence-electron chi connectivity index (χ3n) is 3.42. The second-order valence-corrected chi connectivity index (χ2v) is 5.76. The summed E-state index contributed by atoms with van der Waals surface area (Å²) >= 11 is 12.2. The van der Waals surface area contributed by atoms with Crippen molar-refractivity contribution in [2.45, 2.75) is 0 Å². The molecule has 0 spiro atoms. The lowest BCUT2D eigenvalue weighted by Crippen LogP contribution is -1.99. The van der Waals surface area contributed by atoms with Crippen LogP contribution in [0.4, 0.5) is 0 Å². The number of aromatic amines is 1. The Labute approximate surface area is 146 Å². The summed E-state index contributed by atoms with van der Waals surface area (Å²) in [5.41, 5.74) is 1.38. The van der Waals surface area contributed by atoms with Gasteiger partial charge in [0.05, 0.1) is 16.3 Å². The van der Waals surface area contributed by atoms with Crippen LogP contribution < -0.4 is 0 Å². The molecule has 118 valence electrons. The molecule has 2 aromatic heterocycles. The molecule has 3 aromatic rings. The Bertz CT molecular complexity index is 1020. The number of aromatic carboxylic acids is 1. The predicted molar refractivity (Wildman–Crippen MR) is 93.0 cm³/mol. The summed E-state index contributed by atoms with van der Waals surface area (Å²) in [6, 6.07) is 10.3. The van der Waals surface area contributed by atoms with E-state index >= 15 is 0 Å². The Morgan fingerprint density at radius 2 is 2.12 bits per heavy atom. The molecule has 5 nitrogen and oxygen atoms in total. The van der Waals surface area contributed by atoms with Crippen molar-refractivity contribution in [2.24, 2.45) is 0 Å². The number of rotatable bonds is 3. The molecule has 2 heterocycles. The number of halogens is 2. The van der Waals surface area contributed by atoms with Gasteiger partial charge < -0.3 is 10.1 Å². The number of nitrogens with zero attached hydrogens (tertiary/aromatic N) is 2. The number of allylic oxidation sites excluding steroid dienone is 1. The van der Waals surface area contributed by atoms with Crippen LogP contribution in [0.15, 0.2) is 36.5 Å². The van der Waals surface area contributed by atoms with Crippen LogP contribution in [0.3, 0.4) is 0 Å². The quantitative estimate of drug-likeness (QED) is 0.668. The maximum Gasteiger partial charge on any atom is 0.352 e. The van der Waals surface area contributed by atoms with Crippen LogP contribution in [-0.2, 0) is 0 Å². The number of carboxylic acids is 1. The Morgan fingerprint density at radius 3 is 2.75 bits per heavy atom. The van der Waals surface area contributed by atoms with E-state index in [4.69, 9.17) is 23.2 Å². The standard InChI is InChI=1S/C17H9Cl2N3O2/c18-10-6-12(19)15-11(16(17(23)24)22-14(15)7-10)5-9(8-20)13-3-1-2-4-21-13/h1-7,22H,(H,23,24). The summed E-state index contributed by atoms with van der Waals surface area (Å²) in [4.78, 5) is 18.5. The second-order valence-electron chi connectivity index (χ2n) is 4.91. The highest BCUT2D eigenvalue weighted by molar-refractivity contribution is 6.39. The van der Waals surface area contributed by atoms with Crippen molar-refractivity contribution in [1.82, 2.24) is 9.97 Å². The fraction of sp³-hybridized carbons (Fsp3) is 0. The number of pyridine rings is 1. The average molecular weight is 358 g/mol. The van der Waals surface area contributed by atoms with Crippen LogP contribution in [0.1, 0.15) is 21.7 Å². The van der Waals surface area contributed by atoms with Crippen molar-refractivity contribution in [1.29, 1.82) is 5.26 Å². The number of nitriles is 1. The van der Waals surface area contributed by atoms with Crippen molar-refractivity contribution in [3.05, 3.63) is 63.5 Å². The molecule has 0 bridgehead atoms. The van der Waals surface area contributed by atoms with Crippen molar-refractivity contribution >= 4 is 51.7 Å². The number of aromatic nitrogens is 2. The predicted octanol–water partition coefficient (Wildman–Crippen LogP) is 4.63. The van der Waals surface area contributed by atoms with Gasteiger partial charge in [0.15, 0.2) is 0 Å². The third kappa shape index (κ3) is 2.85. The lowest BCUT2D eigenvalue weighted by atomic mass is 10.0. The van der Waals surface area contributed by atoms with Crippen molar-refractivity contribution in [2.75, 3.05) is 0 Å². The number of fused-ring (bicyclic) bond motifs is 1. The molecule has 24 heavy (non-hydrogen) atoms. The van der Waals surface area contributed by atoms with E-state index in [1.165, 1.54) is 12.1 Å². The summed E-state index contributed by atoms with van der Waals surface area (Å²) < 4.78 is 0. The Morgan fingerprint density at radius 1 is 1.33 bits per heavy atom. The van der Waals surface area contributed by atoms with E-state index in [1.54, 1.807) is 30.5 Å². The van der Waals surface area contributed by atoms with Crippen LogP contribution in [0.25, 0.3) is 22.6 Å². The molecule has 3 rings (SSSR count). The van der Waals surface area contributed by atoms with Gasteiger partial charge in [-0.1, -0.05) is 29.3 Å². The molecule has 0 unspecified atom stereocenters. The zero-order valence-corrected chi connectivity index (χ0v) is 13.6. The molecule has 0 fully saturated rings. The van der Waals surface area contributed by atoms with Gasteiger partial charge in [0, 0.05) is 27.7 Å². The number of carboxylic acid groups (broad SMARTS) is 1. The van der Waals surface area contributed by atoms with Gasteiger partial charge in [0.2, 0.25) is 0 Å². The minimum atomic E-state index is -1.16. The normalized spacial score (nSPS) is 11.5. The molecule has 2 N–H and O–H groups in total. The van der Waals surface area contributed by atoms with E-state index in [2.05, 4.69) is 9.97 Å². The fourth-order valence-corrected chi connectivity index (χ4v) is 3.01. The van der Waals surface area contributed by atoms with Gasteiger partial charge >= 0.3 is 5.97 Å². The SMILES string of the molecule is N#CC(=Cc1c(C(=O)O)[nH]c2cc(Cl)cc(Cl)c12)c1ccccn1. The zero-order valence-electron chi connectivity index (χ0n) is 12.0. The van der Waals surface area contributed by atoms with Crippen LogP contribution in [0.5, 0.6) is 0 Å². The highest BCUT2D eigenvalue weighted by atomic mass is 35.5. The molecule has 0 atom stereocenters. The maximum absolute atomic E-state index is 11.6. The minimum absolute atomic E-state index is 0.0714. The van der Waals surface area contributed by atoms with Gasteiger partial charge in [-0.05, 0) is 30.3 Å². The topological polar surface area (TPSA) is 89.8 Å². The average Bonchev–Trinajstić information content (AvgIpc) is 2.92. The molecule has 1 aromatic carbocycles. The first kappa shape index (κ1) is 16.1. The maximum atomic E-state index is 11.6. The van der Waals surface area contributed by atoms with Gasteiger partial charge in [-0.15, -0.1) is 0 Å². The molecular formula is C17H9Cl2N3O2. The molecule has 0 radical (unpaired) electrons. The number of hydrogen-bond donors (Lipinski definition) is 2. The number of hydrogen-bond acceptors (Lipinski definition) is 3. The summed E-state index contributed by atoms with van der Waals surface area (Å²) in [6.07, 6.45) is 3.02. The van der Waals surface area contributed by atoms with Gasteiger partial charge in [0.25, 0.3) is 0 Å². The van der Waals surface area contributed by atoms with Crippen LogP contribution in [-0.4, -0.2) is 21.0 Å². The van der Waals surface area contributed by atoms with E-state index in [1.807, 2.05) is 6.07 Å². The van der Waals surface area contributed by atoms with E-state index < -0.39 is 5.97 Å². The summed E-state index contributed by atoms with van der Waals surface area (Å²) in [6.45, 7) is 0. The van der Waals surface area contributed by atoms with Crippen LogP contribution in [0, 0.1) is 11.3 Å². The zero-order chi connectivity index (χ0) is 17.3. The summed E-state index contributed by atoms with van der Waals surface area (Å²) in [5.74, 6) is -1.16. The van der Waals surface area contributed by atoms with Crippen LogP contribution in [0.2, 0.25) is 10.0 Å². The molecule has 0 aliphatic carbocycles. The summed E-state index contributed by atoms with van der Waals surface area (Å²) in [7, 11) is 0. The second kappa shape index (κ2) is 6.36. The first-order valence-electron chi connectivity index (χ1n) is 6.78. The van der Waals surface area contributed by atoms with Crippen molar-refractivity contribution < 1.29 is 9.90 Å². The van der Waals surface area contributed by atoms with Gasteiger partial charge in [-0.2, -0.15) is 5.26 Å². The number of benzene rings is 1. The summed E-state index contributed by atoms with van der Waals surface area (Å²) in [5, 5.41) is 20.0. The molecule has 7 heteroatoms. The molecule has 0 amide bonds. The first-order valence-corrected chi connectivity index (χ1v) is 7.54. The van der Waals surface area contributed by atoms with Gasteiger partial charge in [-0.3, -0.25) is 4.98 Å². The fourth-order valence-electron chi connectivity index (χ4n) is 2.42. The Kier molecular flexibility index (Phi) is 4.26. The highest BCUT2D eigenvalue weighted by Gasteiger charge is 2.19. The monoisotopic (exact) mass is 357 g/mol. The Balaban J connectivity index is 2.32. The molecule has 0 saturated heterocycles.